The van der Waals surface area contributed by atoms with Crippen LogP contribution in [0.2, 0.25) is 0 Å². The van der Waals surface area contributed by atoms with Gasteiger partial charge in [-0.25, -0.2) is 0 Å². The van der Waals surface area contributed by atoms with Crippen LogP contribution in [-0.4, -0.2) is 10.8 Å². The summed E-state index contributed by atoms with van der Waals surface area (Å²) in [6.07, 6.45) is 1.84. The molecule has 0 unspecified atom stereocenters. The number of nitrogens with zero attached hydrogens (tertiary/aromatic N) is 2. The second-order valence-electron chi connectivity index (χ2n) is 8.78. The van der Waals surface area contributed by atoms with Gasteiger partial charge < -0.3 is 5.32 Å². The molecule has 0 atom stereocenters. The van der Waals surface area contributed by atoms with Crippen LogP contribution in [0.15, 0.2) is 111 Å². The smallest absolute Gasteiger partial charge is 0.255 e. The fraction of sp³-hybridized carbons (Fsp3) is 0.0667. The maximum Gasteiger partial charge on any atom is 0.255 e. The molecule has 0 spiro atoms. The minimum absolute atomic E-state index is 0.0463. The van der Waals surface area contributed by atoms with E-state index in [1.54, 1.807) is 22.4 Å². The molecule has 1 N–H and O–H groups in total. The van der Waals surface area contributed by atoms with Crippen molar-refractivity contribution < 1.29 is 0 Å². The summed E-state index contributed by atoms with van der Waals surface area (Å²) in [4.78, 5) is 20.1. The Bertz CT molecular complexity index is 1670. The van der Waals surface area contributed by atoms with Crippen molar-refractivity contribution in [1.29, 1.82) is 0 Å². The van der Waals surface area contributed by atoms with E-state index < -0.39 is 0 Å². The van der Waals surface area contributed by atoms with Gasteiger partial charge in [0.25, 0.3) is 5.56 Å². The number of hydrogen-bond donors (Lipinski definition) is 1. The van der Waals surface area contributed by atoms with Gasteiger partial charge in [-0.15, -0.1) is 0 Å². The molecule has 5 aromatic rings. The van der Waals surface area contributed by atoms with Gasteiger partial charge in [0.15, 0.2) is 0 Å². The first-order valence-electron chi connectivity index (χ1n) is 11.5. The molecule has 2 heterocycles. The summed E-state index contributed by atoms with van der Waals surface area (Å²) in [5.41, 5.74) is 7.86. The third-order valence-corrected chi connectivity index (χ3v) is 7.34. The zero-order chi connectivity index (χ0) is 23.9. The Morgan fingerprint density at radius 2 is 1.60 bits per heavy atom. The Balaban J connectivity index is 1.42. The number of rotatable bonds is 3. The predicted molar refractivity (Wildman–Crippen MR) is 147 cm³/mol. The van der Waals surface area contributed by atoms with Crippen molar-refractivity contribution >= 4 is 45.9 Å². The van der Waals surface area contributed by atoms with Gasteiger partial charge in [-0.3, -0.25) is 14.4 Å². The van der Waals surface area contributed by atoms with Gasteiger partial charge in [0.05, 0.1) is 22.6 Å². The number of fused-ring (bicyclic) bond motifs is 3. The molecule has 1 aromatic heterocycles. The van der Waals surface area contributed by atoms with Crippen LogP contribution in [0.1, 0.15) is 16.7 Å². The molecule has 4 aromatic carbocycles. The third-order valence-electron chi connectivity index (χ3n) is 6.22. The highest BCUT2D eigenvalue weighted by atomic mass is 32.2. The van der Waals surface area contributed by atoms with E-state index in [0.29, 0.717) is 0 Å². The molecule has 4 nitrogen and oxygen atoms in total. The number of benzene rings is 4. The quantitative estimate of drug-likeness (QED) is 0.270. The van der Waals surface area contributed by atoms with E-state index in [2.05, 4.69) is 47.6 Å². The van der Waals surface area contributed by atoms with Crippen LogP contribution in [0.5, 0.6) is 0 Å². The zero-order valence-electron chi connectivity index (χ0n) is 19.4. The van der Waals surface area contributed by atoms with Gasteiger partial charge in [-0.05, 0) is 79.1 Å². The summed E-state index contributed by atoms with van der Waals surface area (Å²) >= 11 is 1.77. The topological polar surface area (TPSA) is 46.4 Å². The maximum atomic E-state index is 13.2. The number of aromatic nitrogens is 1. The molecule has 0 amide bonds. The Morgan fingerprint density at radius 1 is 0.829 bits per heavy atom. The number of pyridine rings is 1. The standard InChI is InChI=1S/C30H23N3OS/c1-19-8-13-25-28(14-19)35-29-16-24-20(2)15-30(34)33(27(24)17-26(29)32-25)23-11-9-22(10-12-23)31-18-21-6-4-3-5-7-21/h3-18,32H,1-2H3. The molecule has 0 saturated carbocycles. The monoisotopic (exact) mass is 473 g/mol. The van der Waals surface area contributed by atoms with Gasteiger partial charge >= 0.3 is 0 Å². The minimum atomic E-state index is -0.0463. The highest BCUT2D eigenvalue weighted by molar-refractivity contribution is 7.99. The highest BCUT2D eigenvalue weighted by Gasteiger charge is 2.19. The summed E-state index contributed by atoms with van der Waals surface area (Å²) in [7, 11) is 0. The third kappa shape index (κ3) is 4.04. The fourth-order valence-corrected chi connectivity index (χ4v) is 5.53. The molecule has 0 bridgehead atoms. The normalized spacial score (nSPS) is 12.4. The summed E-state index contributed by atoms with van der Waals surface area (Å²) in [6, 6.07) is 30.2. The number of hydrogen-bond acceptors (Lipinski definition) is 4. The van der Waals surface area contributed by atoms with Crippen LogP contribution >= 0.6 is 11.8 Å². The summed E-state index contributed by atoms with van der Waals surface area (Å²) < 4.78 is 1.78. The van der Waals surface area contributed by atoms with Crippen LogP contribution in [-0.2, 0) is 0 Å². The van der Waals surface area contributed by atoms with Crippen LogP contribution in [0, 0.1) is 13.8 Å². The van der Waals surface area contributed by atoms with E-state index >= 15 is 0 Å². The van der Waals surface area contributed by atoms with Gasteiger partial charge in [-0.2, -0.15) is 0 Å². The first-order chi connectivity index (χ1) is 17.0. The van der Waals surface area contributed by atoms with Gasteiger partial charge in [0, 0.05) is 33.1 Å². The first-order valence-corrected chi connectivity index (χ1v) is 12.3. The van der Waals surface area contributed by atoms with Crippen molar-refractivity contribution in [3.8, 4) is 5.69 Å². The average Bonchev–Trinajstić information content (AvgIpc) is 2.87. The summed E-state index contributed by atoms with van der Waals surface area (Å²) in [6.45, 7) is 4.11. The van der Waals surface area contributed by atoms with Gasteiger partial charge in [-0.1, -0.05) is 48.2 Å². The fourth-order valence-electron chi connectivity index (χ4n) is 4.42. The Labute approximate surface area is 208 Å². The van der Waals surface area contributed by atoms with Crippen LogP contribution in [0.25, 0.3) is 16.6 Å². The van der Waals surface area contributed by atoms with E-state index in [1.807, 2.05) is 67.7 Å². The predicted octanol–water partition coefficient (Wildman–Crippen LogP) is 7.57. The molecule has 1 aliphatic rings. The van der Waals surface area contributed by atoms with Crippen molar-refractivity contribution in [3.63, 3.8) is 0 Å². The number of anilines is 2. The number of aryl methyl sites for hydroxylation is 2. The largest absolute Gasteiger partial charge is 0.354 e. The summed E-state index contributed by atoms with van der Waals surface area (Å²) in [5, 5.41) is 4.63. The minimum Gasteiger partial charge on any atom is -0.354 e. The molecular weight excluding hydrogens is 450 g/mol. The summed E-state index contributed by atoms with van der Waals surface area (Å²) in [5.74, 6) is 0. The van der Waals surface area contributed by atoms with Gasteiger partial charge in [0.2, 0.25) is 0 Å². The molecule has 0 radical (unpaired) electrons. The molecule has 0 aliphatic carbocycles. The lowest BCUT2D eigenvalue weighted by Crippen LogP contribution is -2.18. The molecule has 1 aliphatic heterocycles. The molecule has 35 heavy (non-hydrogen) atoms. The molecule has 0 fully saturated rings. The van der Waals surface area contributed by atoms with E-state index in [9.17, 15) is 4.79 Å². The van der Waals surface area contributed by atoms with Crippen molar-refractivity contribution in [3.05, 3.63) is 118 Å². The second-order valence-corrected chi connectivity index (χ2v) is 9.86. The molecule has 6 rings (SSSR count). The van der Waals surface area contributed by atoms with E-state index in [-0.39, 0.29) is 5.56 Å². The number of nitrogens with one attached hydrogen (secondary N) is 1. The van der Waals surface area contributed by atoms with Crippen LogP contribution in [0.4, 0.5) is 17.1 Å². The van der Waals surface area contributed by atoms with Gasteiger partial charge in [0.1, 0.15) is 0 Å². The van der Waals surface area contributed by atoms with Crippen molar-refractivity contribution in [2.75, 3.05) is 5.32 Å². The average molecular weight is 474 g/mol. The van der Waals surface area contributed by atoms with E-state index in [1.165, 1.54) is 10.5 Å². The molecule has 0 saturated heterocycles. The SMILES string of the molecule is Cc1ccc2c(c1)Sc1cc3c(C)cc(=O)n(-c4ccc(N=Cc5ccccc5)cc4)c3cc1N2. The number of aliphatic imine (C=N–C) groups is 1. The van der Waals surface area contributed by atoms with Crippen LogP contribution in [0.3, 0.4) is 0 Å². The lowest BCUT2D eigenvalue weighted by atomic mass is 10.1. The molecule has 170 valence electrons. The lowest BCUT2D eigenvalue weighted by molar-refractivity contribution is 1.03. The van der Waals surface area contributed by atoms with E-state index in [0.717, 1.165) is 49.7 Å². The van der Waals surface area contributed by atoms with Crippen molar-refractivity contribution in [2.24, 2.45) is 4.99 Å². The Hall–Kier alpha value is -4.09. The molecule has 5 heteroatoms. The zero-order valence-corrected chi connectivity index (χ0v) is 20.3. The van der Waals surface area contributed by atoms with Crippen molar-refractivity contribution in [1.82, 2.24) is 4.57 Å². The van der Waals surface area contributed by atoms with Crippen LogP contribution < -0.4 is 10.9 Å². The Kier molecular flexibility index (Phi) is 5.27. The lowest BCUT2D eigenvalue weighted by Gasteiger charge is -2.23. The second kappa shape index (κ2) is 8.60. The maximum absolute atomic E-state index is 13.2. The van der Waals surface area contributed by atoms with E-state index in [4.69, 9.17) is 0 Å². The molecular formula is C30H23N3OS. The first kappa shape index (κ1) is 21.4. The van der Waals surface area contributed by atoms with Crippen molar-refractivity contribution in [2.45, 2.75) is 23.6 Å². The Morgan fingerprint density at radius 3 is 2.40 bits per heavy atom. The highest BCUT2D eigenvalue weighted by Crippen LogP contribution is 2.46.